The number of allylic oxidation sites excluding steroid dienone is 2. The minimum Gasteiger partial charge on any atom is -0.465 e. The zero-order valence-electron chi connectivity index (χ0n) is 14.6. The van der Waals surface area contributed by atoms with Gasteiger partial charge in [-0.3, -0.25) is 4.79 Å². The van der Waals surface area contributed by atoms with Gasteiger partial charge in [-0.25, -0.2) is 0 Å². The molecule has 3 aliphatic carbocycles. The summed E-state index contributed by atoms with van der Waals surface area (Å²) in [6.07, 6.45) is 5.70. The minimum absolute atomic E-state index is 0.287. The second kappa shape index (κ2) is 6.07. The number of hydrogen-bond acceptors (Lipinski definition) is 3. The van der Waals surface area contributed by atoms with Crippen molar-refractivity contribution < 1.29 is 9.53 Å². The second-order valence-electron chi connectivity index (χ2n) is 8.01. The maximum atomic E-state index is 12.5. The standard InChI is InChI=1S/C19H29NO2/c1-6-22-17(21)19(12-20,10-13(2)3)11-14-7-8-15-9-16(14)18(15,4)5/h7,13,15-16H,6,8-11H2,1-5H3/t15-,16-,19?/m0/s1. The molecule has 3 rings (SSSR count). The van der Waals surface area contributed by atoms with E-state index in [0.717, 1.165) is 12.3 Å². The van der Waals surface area contributed by atoms with Crippen LogP contribution < -0.4 is 0 Å². The number of esters is 1. The molecule has 122 valence electrons. The van der Waals surface area contributed by atoms with Gasteiger partial charge in [-0.2, -0.15) is 5.26 Å². The molecule has 0 N–H and O–H groups in total. The summed E-state index contributed by atoms with van der Waals surface area (Å²) in [5.41, 5.74) is 0.606. The molecule has 0 amide bonds. The van der Waals surface area contributed by atoms with E-state index in [4.69, 9.17) is 4.74 Å². The third kappa shape index (κ3) is 2.81. The van der Waals surface area contributed by atoms with Crippen molar-refractivity contribution in [3.63, 3.8) is 0 Å². The summed E-state index contributed by atoms with van der Waals surface area (Å²) >= 11 is 0. The molecule has 0 spiro atoms. The lowest BCUT2D eigenvalue weighted by atomic mass is 9.47. The number of hydrogen-bond donors (Lipinski definition) is 0. The van der Waals surface area contributed by atoms with Crippen molar-refractivity contribution in [2.45, 2.75) is 60.3 Å². The molecule has 0 heterocycles. The predicted molar refractivity (Wildman–Crippen MR) is 86.8 cm³/mol. The van der Waals surface area contributed by atoms with E-state index in [2.05, 4.69) is 39.8 Å². The van der Waals surface area contributed by atoms with E-state index in [9.17, 15) is 10.1 Å². The van der Waals surface area contributed by atoms with Gasteiger partial charge in [-0.05, 0) is 55.8 Å². The quantitative estimate of drug-likeness (QED) is 0.536. The van der Waals surface area contributed by atoms with Gasteiger partial charge in [0.1, 0.15) is 0 Å². The molecule has 3 aliphatic rings. The zero-order valence-corrected chi connectivity index (χ0v) is 14.6. The van der Waals surface area contributed by atoms with Crippen LogP contribution in [-0.2, 0) is 9.53 Å². The Hall–Kier alpha value is -1.30. The number of ether oxygens (including phenoxy) is 1. The highest BCUT2D eigenvalue weighted by Crippen LogP contribution is 2.61. The molecule has 0 saturated heterocycles. The first kappa shape index (κ1) is 17.1. The Morgan fingerprint density at radius 2 is 2.23 bits per heavy atom. The molecule has 1 fully saturated rings. The van der Waals surface area contributed by atoms with E-state index in [0.29, 0.717) is 30.8 Å². The van der Waals surface area contributed by atoms with E-state index < -0.39 is 5.41 Å². The van der Waals surface area contributed by atoms with Crippen molar-refractivity contribution in [2.75, 3.05) is 6.61 Å². The molecule has 1 saturated carbocycles. The van der Waals surface area contributed by atoms with Crippen LogP contribution in [0.15, 0.2) is 11.6 Å². The number of nitrogens with zero attached hydrogens (tertiary/aromatic N) is 1. The van der Waals surface area contributed by atoms with Gasteiger partial charge in [0, 0.05) is 0 Å². The average Bonchev–Trinajstić information content (AvgIpc) is 2.46. The number of fused-ring (bicyclic) bond motifs is 1. The van der Waals surface area contributed by atoms with Crippen LogP contribution in [0.5, 0.6) is 0 Å². The lowest BCUT2D eigenvalue weighted by molar-refractivity contribution is -0.153. The lowest BCUT2D eigenvalue weighted by Crippen LogP contribution is -2.49. The average molecular weight is 303 g/mol. The Morgan fingerprint density at radius 3 is 2.68 bits per heavy atom. The summed E-state index contributed by atoms with van der Waals surface area (Å²) in [5.74, 6) is 1.24. The van der Waals surface area contributed by atoms with E-state index in [1.807, 2.05) is 0 Å². The van der Waals surface area contributed by atoms with Crippen molar-refractivity contribution in [3.8, 4) is 6.07 Å². The molecule has 0 aliphatic heterocycles. The second-order valence-corrected chi connectivity index (χ2v) is 8.01. The van der Waals surface area contributed by atoms with Crippen LogP contribution in [0.3, 0.4) is 0 Å². The fraction of sp³-hybridized carbons (Fsp3) is 0.789. The first-order chi connectivity index (χ1) is 10.3. The summed E-state index contributed by atoms with van der Waals surface area (Å²) in [7, 11) is 0. The zero-order chi connectivity index (χ0) is 16.5. The van der Waals surface area contributed by atoms with E-state index in [1.165, 1.54) is 12.0 Å². The van der Waals surface area contributed by atoms with Gasteiger partial charge in [0.25, 0.3) is 0 Å². The van der Waals surface area contributed by atoms with Gasteiger partial charge in [-0.1, -0.05) is 39.3 Å². The number of carbonyl (C=O) groups excluding carboxylic acids is 1. The number of rotatable bonds is 6. The molecule has 3 atom stereocenters. The Bertz CT molecular complexity index is 512. The first-order valence-corrected chi connectivity index (χ1v) is 8.54. The Balaban J connectivity index is 2.25. The molecule has 0 radical (unpaired) electrons. The Kier molecular flexibility index (Phi) is 4.70. The topological polar surface area (TPSA) is 50.1 Å². The van der Waals surface area contributed by atoms with Crippen LogP contribution in [0.2, 0.25) is 0 Å². The van der Waals surface area contributed by atoms with E-state index in [1.54, 1.807) is 6.92 Å². The summed E-state index contributed by atoms with van der Waals surface area (Å²) in [4.78, 5) is 12.5. The molecular formula is C19H29NO2. The van der Waals surface area contributed by atoms with Gasteiger partial charge in [0.15, 0.2) is 5.41 Å². The van der Waals surface area contributed by atoms with E-state index in [-0.39, 0.29) is 11.9 Å². The molecule has 22 heavy (non-hydrogen) atoms. The first-order valence-electron chi connectivity index (χ1n) is 8.54. The van der Waals surface area contributed by atoms with Crippen molar-refractivity contribution in [1.29, 1.82) is 5.26 Å². The van der Waals surface area contributed by atoms with Crippen LogP contribution >= 0.6 is 0 Å². The van der Waals surface area contributed by atoms with Crippen molar-refractivity contribution in [2.24, 2.45) is 28.6 Å². The summed E-state index contributed by atoms with van der Waals surface area (Å²) in [6, 6.07) is 2.33. The fourth-order valence-electron chi connectivity index (χ4n) is 4.35. The van der Waals surface area contributed by atoms with Gasteiger partial charge < -0.3 is 4.74 Å². The van der Waals surface area contributed by atoms with Gasteiger partial charge in [0.05, 0.1) is 12.7 Å². The highest BCUT2D eigenvalue weighted by Gasteiger charge is 2.53. The molecule has 0 aromatic heterocycles. The summed E-state index contributed by atoms with van der Waals surface area (Å²) < 4.78 is 5.25. The normalized spacial score (nSPS) is 28.1. The monoisotopic (exact) mass is 303 g/mol. The van der Waals surface area contributed by atoms with Gasteiger partial charge >= 0.3 is 5.97 Å². The molecule has 0 aromatic rings. The number of carbonyl (C=O) groups is 1. The Morgan fingerprint density at radius 1 is 1.55 bits per heavy atom. The van der Waals surface area contributed by atoms with Crippen molar-refractivity contribution >= 4 is 5.97 Å². The minimum atomic E-state index is -1.02. The van der Waals surface area contributed by atoms with Crippen LogP contribution in [-0.4, -0.2) is 12.6 Å². The molecular weight excluding hydrogens is 274 g/mol. The van der Waals surface area contributed by atoms with Gasteiger partial charge in [0.2, 0.25) is 0 Å². The van der Waals surface area contributed by atoms with Crippen LogP contribution in [0.1, 0.15) is 60.3 Å². The number of nitriles is 1. The highest BCUT2D eigenvalue weighted by molar-refractivity contribution is 5.80. The predicted octanol–water partition coefficient (Wildman–Crippen LogP) is 4.49. The maximum absolute atomic E-state index is 12.5. The van der Waals surface area contributed by atoms with Gasteiger partial charge in [-0.15, -0.1) is 0 Å². The smallest absolute Gasteiger partial charge is 0.326 e. The lowest BCUT2D eigenvalue weighted by Gasteiger charge is -2.57. The molecule has 2 bridgehead atoms. The summed E-state index contributed by atoms with van der Waals surface area (Å²) in [5, 5.41) is 9.80. The van der Waals surface area contributed by atoms with E-state index >= 15 is 0 Å². The molecule has 0 aromatic carbocycles. The van der Waals surface area contributed by atoms with Crippen LogP contribution in [0.4, 0.5) is 0 Å². The highest BCUT2D eigenvalue weighted by atomic mass is 16.5. The van der Waals surface area contributed by atoms with Crippen molar-refractivity contribution in [3.05, 3.63) is 11.6 Å². The Labute approximate surface area is 134 Å². The molecule has 3 nitrogen and oxygen atoms in total. The molecule has 1 unspecified atom stereocenters. The van der Waals surface area contributed by atoms with Crippen LogP contribution in [0, 0.1) is 39.9 Å². The molecule has 3 heteroatoms. The van der Waals surface area contributed by atoms with Crippen molar-refractivity contribution in [1.82, 2.24) is 0 Å². The SMILES string of the molecule is CCOC(=O)C(C#N)(CC1=CC[C@H]2C[C@@H]1C2(C)C)CC(C)C. The third-order valence-corrected chi connectivity index (χ3v) is 5.73. The fourth-order valence-corrected chi connectivity index (χ4v) is 4.35. The summed E-state index contributed by atoms with van der Waals surface area (Å²) in [6.45, 7) is 10.9. The van der Waals surface area contributed by atoms with Crippen LogP contribution in [0.25, 0.3) is 0 Å². The maximum Gasteiger partial charge on any atom is 0.326 e. The third-order valence-electron chi connectivity index (χ3n) is 5.73. The largest absolute Gasteiger partial charge is 0.465 e.